The summed E-state index contributed by atoms with van der Waals surface area (Å²) >= 11 is 0. The van der Waals surface area contributed by atoms with Gasteiger partial charge in [0, 0.05) is 0 Å². The van der Waals surface area contributed by atoms with Gasteiger partial charge < -0.3 is 15.3 Å². The molecule has 0 rings (SSSR count). The summed E-state index contributed by atoms with van der Waals surface area (Å²) in [4.78, 5) is 9.40. The third-order valence-corrected chi connectivity index (χ3v) is 4.12. The average molecular weight is 365 g/mol. The average Bonchev–Trinajstić information content (AvgIpc) is 2.64. The van der Waals surface area contributed by atoms with E-state index in [1.807, 2.05) is 0 Å². The van der Waals surface area contributed by atoms with Crippen molar-refractivity contribution in [2.45, 2.75) is 103 Å². The van der Waals surface area contributed by atoms with Crippen molar-refractivity contribution in [3.05, 3.63) is 0 Å². The van der Waals surface area contributed by atoms with Crippen molar-refractivity contribution in [3.63, 3.8) is 0 Å². The molecule has 25 heavy (non-hydrogen) atoms. The second kappa shape index (κ2) is 26.0. The Morgan fingerprint density at radius 3 is 1.28 bits per heavy atom. The summed E-state index contributed by atoms with van der Waals surface area (Å²) in [7, 11) is 1.57. The second-order valence-electron chi connectivity index (χ2n) is 6.60. The van der Waals surface area contributed by atoms with Crippen LogP contribution in [0.25, 0.3) is 0 Å². The standard InChI is InChI=1S/C17H36O2.C3H8O3/c1-3-4-5-6-7-8-9-10-11-12-13-14-15-16-17-19-18-2;4-1-3(6)2-5/h3-17H2,1-2H3;3-6H,1-2H2. The summed E-state index contributed by atoms with van der Waals surface area (Å²) in [5.41, 5.74) is 0. The first kappa shape index (κ1) is 27.0. The van der Waals surface area contributed by atoms with E-state index in [-0.39, 0.29) is 13.2 Å². The van der Waals surface area contributed by atoms with Gasteiger partial charge in [-0.1, -0.05) is 90.4 Å². The highest BCUT2D eigenvalue weighted by atomic mass is 17.2. The van der Waals surface area contributed by atoms with E-state index in [0.717, 1.165) is 13.0 Å². The van der Waals surface area contributed by atoms with Crippen LogP contribution in [-0.4, -0.2) is 48.4 Å². The lowest BCUT2D eigenvalue weighted by atomic mass is 10.0. The fraction of sp³-hybridized carbons (Fsp3) is 1.00. The summed E-state index contributed by atoms with van der Waals surface area (Å²) in [6, 6.07) is 0. The van der Waals surface area contributed by atoms with Crippen LogP contribution in [0.4, 0.5) is 0 Å². The van der Waals surface area contributed by atoms with Crippen molar-refractivity contribution in [1.82, 2.24) is 0 Å². The Balaban J connectivity index is 0. The molecule has 0 amide bonds. The van der Waals surface area contributed by atoms with Gasteiger partial charge >= 0.3 is 0 Å². The molecule has 0 bridgehead atoms. The molecular formula is C20H44O5. The monoisotopic (exact) mass is 364 g/mol. The zero-order valence-electron chi connectivity index (χ0n) is 16.8. The Morgan fingerprint density at radius 1 is 0.640 bits per heavy atom. The summed E-state index contributed by atoms with van der Waals surface area (Å²) in [6.07, 6.45) is 18.6. The van der Waals surface area contributed by atoms with Crippen molar-refractivity contribution in [1.29, 1.82) is 0 Å². The molecule has 0 atom stereocenters. The summed E-state index contributed by atoms with van der Waals surface area (Å²) in [6.45, 7) is 2.30. The number of hydrogen-bond donors (Lipinski definition) is 3. The number of aliphatic hydroxyl groups is 3. The topological polar surface area (TPSA) is 79.2 Å². The van der Waals surface area contributed by atoms with Gasteiger partial charge in [0.05, 0.1) is 26.9 Å². The Hall–Kier alpha value is -0.200. The smallest absolute Gasteiger partial charge is 0.100 e. The van der Waals surface area contributed by atoms with Crippen molar-refractivity contribution in [2.24, 2.45) is 0 Å². The van der Waals surface area contributed by atoms with E-state index in [1.165, 1.54) is 83.5 Å². The van der Waals surface area contributed by atoms with Crippen molar-refractivity contribution in [3.8, 4) is 0 Å². The van der Waals surface area contributed by atoms with Gasteiger partial charge in [-0.05, 0) is 6.42 Å². The molecule has 0 fully saturated rings. The second-order valence-corrected chi connectivity index (χ2v) is 6.60. The molecule has 0 aromatic carbocycles. The lowest BCUT2D eigenvalue weighted by Crippen LogP contribution is -2.15. The van der Waals surface area contributed by atoms with E-state index < -0.39 is 6.10 Å². The quantitative estimate of drug-likeness (QED) is 0.191. The van der Waals surface area contributed by atoms with Gasteiger partial charge in [-0.15, -0.1) is 0 Å². The van der Waals surface area contributed by atoms with Crippen LogP contribution in [0.2, 0.25) is 0 Å². The van der Waals surface area contributed by atoms with Gasteiger partial charge in [-0.25, -0.2) is 9.78 Å². The molecular weight excluding hydrogens is 320 g/mol. The van der Waals surface area contributed by atoms with Gasteiger partial charge in [0.1, 0.15) is 6.10 Å². The van der Waals surface area contributed by atoms with E-state index in [1.54, 1.807) is 7.11 Å². The van der Waals surface area contributed by atoms with Gasteiger partial charge in [0.25, 0.3) is 0 Å². The van der Waals surface area contributed by atoms with Crippen LogP contribution in [-0.2, 0) is 9.78 Å². The highest BCUT2D eigenvalue weighted by Gasteiger charge is 1.94. The fourth-order valence-corrected chi connectivity index (χ4v) is 2.50. The number of aliphatic hydroxyl groups excluding tert-OH is 3. The lowest BCUT2D eigenvalue weighted by Gasteiger charge is -2.03. The normalized spacial score (nSPS) is 10.8. The minimum atomic E-state index is -0.954. The van der Waals surface area contributed by atoms with Crippen LogP contribution >= 0.6 is 0 Å². The molecule has 3 N–H and O–H groups in total. The molecule has 0 spiro atoms. The molecule has 5 heteroatoms. The van der Waals surface area contributed by atoms with Crippen LogP contribution in [0.1, 0.15) is 96.8 Å². The van der Waals surface area contributed by atoms with Crippen LogP contribution < -0.4 is 0 Å². The number of rotatable bonds is 18. The van der Waals surface area contributed by atoms with Crippen LogP contribution in [0.15, 0.2) is 0 Å². The summed E-state index contributed by atoms with van der Waals surface area (Å²) in [5.74, 6) is 0. The zero-order chi connectivity index (χ0) is 19.0. The maximum absolute atomic E-state index is 8.17. The predicted molar refractivity (Wildman–Crippen MR) is 103 cm³/mol. The van der Waals surface area contributed by atoms with E-state index in [0.29, 0.717) is 0 Å². The Bertz CT molecular complexity index is 194. The van der Waals surface area contributed by atoms with Gasteiger partial charge in [0.2, 0.25) is 0 Å². The lowest BCUT2D eigenvalue weighted by molar-refractivity contribution is -0.272. The maximum atomic E-state index is 8.17. The van der Waals surface area contributed by atoms with E-state index in [4.69, 9.17) is 20.2 Å². The molecule has 0 aliphatic carbocycles. The van der Waals surface area contributed by atoms with E-state index >= 15 is 0 Å². The molecule has 0 heterocycles. The van der Waals surface area contributed by atoms with E-state index in [2.05, 4.69) is 11.8 Å². The predicted octanol–water partition coefficient (Wildman–Crippen LogP) is 4.38. The molecule has 0 aromatic heterocycles. The largest absolute Gasteiger partial charge is 0.394 e. The Morgan fingerprint density at radius 2 is 1.00 bits per heavy atom. The SMILES string of the molecule is CCCCCCCCCCCCCCCCOOC.OCC(O)CO. The molecule has 0 saturated carbocycles. The number of unbranched alkanes of at least 4 members (excludes halogenated alkanes) is 13. The third kappa shape index (κ3) is 28.9. The minimum absolute atomic E-state index is 0.365. The minimum Gasteiger partial charge on any atom is -0.394 e. The fourth-order valence-electron chi connectivity index (χ4n) is 2.50. The molecule has 0 aliphatic heterocycles. The molecule has 0 aromatic rings. The van der Waals surface area contributed by atoms with E-state index in [9.17, 15) is 0 Å². The Labute approximate surface area is 155 Å². The Kier molecular flexibility index (Phi) is 28.1. The molecule has 154 valence electrons. The molecule has 0 unspecified atom stereocenters. The maximum Gasteiger partial charge on any atom is 0.100 e. The molecule has 0 aliphatic rings. The van der Waals surface area contributed by atoms with Crippen LogP contribution in [0.5, 0.6) is 0 Å². The highest BCUT2D eigenvalue weighted by Crippen LogP contribution is 2.12. The number of hydrogen-bond acceptors (Lipinski definition) is 5. The summed E-state index contributed by atoms with van der Waals surface area (Å²) in [5, 5.41) is 24.0. The molecule has 0 saturated heterocycles. The molecule has 0 radical (unpaired) electrons. The van der Waals surface area contributed by atoms with Crippen molar-refractivity contribution in [2.75, 3.05) is 26.9 Å². The van der Waals surface area contributed by atoms with Crippen LogP contribution in [0, 0.1) is 0 Å². The first-order valence-electron chi connectivity index (χ1n) is 10.3. The first-order valence-corrected chi connectivity index (χ1v) is 10.3. The van der Waals surface area contributed by atoms with Crippen molar-refractivity contribution < 1.29 is 25.1 Å². The van der Waals surface area contributed by atoms with Crippen LogP contribution in [0.3, 0.4) is 0 Å². The zero-order valence-corrected chi connectivity index (χ0v) is 16.8. The third-order valence-electron chi connectivity index (χ3n) is 4.12. The van der Waals surface area contributed by atoms with Gasteiger partial charge in [-0.3, -0.25) is 0 Å². The van der Waals surface area contributed by atoms with Crippen molar-refractivity contribution >= 4 is 0 Å². The highest BCUT2D eigenvalue weighted by molar-refractivity contribution is 4.49. The summed E-state index contributed by atoms with van der Waals surface area (Å²) < 4.78 is 0. The van der Waals surface area contributed by atoms with Gasteiger partial charge in [0.15, 0.2) is 0 Å². The first-order chi connectivity index (χ1) is 12.2. The van der Waals surface area contributed by atoms with Gasteiger partial charge in [-0.2, -0.15) is 0 Å². The molecule has 5 nitrogen and oxygen atoms in total.